The molecule has 0 amide bonds. The quantitative estimate of drug-likeness (QED) is 0.660. The standard InChI is InChI=1S/C10H13NO2/c1-8(4-7-11)10(9(12)13)5-2-3-6-10/h4H,2-3,5-6H2,1H3,(H,12,13)/b8-4+. The molecule has 0 aromatic heterocycles. The third kappa shape index (κ3) is 1.57. The highest BCUT2D eigenvalue weighted by Gasteiger charge is 2.42. The minimum Gasteiger partial charge on any atom is -0.481 e. The monoisotopic (exact) mass is 179 g/mol. The minimum atomic E-state index is -0.783. The summed E-state index contributed by atoms with van der Waals surface area (Å²) in [7, 11) is 0. The zero-order valence-corrected chi connectivity index (χ0v) is 7.71. The van der Waals surface area contributed by atoms with Crippen molar-refractivity contribution in [2.24, 2.45) is 5.41 Å². The van der Waals surface area contributed by atoms with Gasteiger partial charge in [-0.05, 0) is 25.3 Å². The van der Waals surface area contributed by atoms with Crippen molar-refractivity contribution in [3.63, 3.8) is 0 Å². The number of nitrogens with zero attached hydrogens (tertiary/aromatic N) is 1. The number of hydrogen-bond donors (Lipinski definition) is 1. The van der Waals surface area contributed by atoms with Crippen molar-refractivity contribution in [1.82, 2.24) is 0 Å². The molecule has 1 fully saturated rings. The van der Waals surface area contributed by atoms with Gasteiger partial charge in [0, 0.05) is 6.08 Å². The van der Waals surface area contributed by atoms with E-state index in [1.165, 1.54) is 6.08 Å². The number of carbonyl (C=O) groups is 1. The summed E-state index contributed by atoms with van der Waals surface area (Å²) in [6, 6.07) is 1.90. The first-order chi connectivity index (χ1) is 6.13. The van der Waals surface area contributed by atoms with Crippen LogP contribution in [0.4, 0.5) is 0 Å². The van der Waals surface area contributed by atoms with Gasteiger partial charge in [-0.3, -0.25) is 4.79 Å². The van der Waals surface area contributed by atoms with Gasteiger partial charge in [0.25, 0.3) is 0 Å². The van der Waals surface area contributed by atoms with Crippen LogP contribution in [-0.4, -0.2) is 11.1 Å². The first-order valence-corrected chi connectivity index (χ1v) is 4.44. The molecule has 0 saturated heterocycles. The summed E-state index contributed by atoms with van der Waals surface area (Å²) in [5.41, 5.74) is -0.0459. The van der Waals surface area contributed by atoms with Crippen LogP contribution in [0.25, 0.3) is 0 Å². The Kier molecular flexibility index (Phi) is 2.72. The molecule has 13 heavy (non-hydrogen) atoms. The zero-order valence-electron chi connectivity index (χ0n) is 7.71. The average molecular weight is 179 g/mol. The number of hydrogen-bond acceptors (Lipinski definition) is 2. The van der Waals surface area contributed by atoms with Crippen molar-refractivity contribution >= 4 is 5.97 Å². The van der Waals surface area contributed by atoms with Gasteiger partial charge >= 0.3 is 5.97 Å². The van der Waals surface area contributed by atoms with Gasteiger partial charge in [0.15, 0.2) is 0 Å². The Bertz CT molecular complexity index is 280. The van der Waals surface area contributed by atoms with Crippen molar-refractivity contribution in [2.45, 2.75) is 32.6 Å². The summed E-state index contributed by atoms with van der Waals surface area (Å²) in [5.74, 6) is -0.783. The highest BCUT2D eigenvalue weighted by molar-refractivity contribution is 5.79. The van der Waals surface area contributed by atoms with Crippen molar-refractivity contribution in [2.75, 3.05) is 0 Å². The molecule has 0 aromatic rings. The molecule has 0 bridgehead atoms. The summed E-state index contributed by atoms with van der Waals surface area (Å²) >= 11 is 0. The Balaban J connectivity index is 2.99. The Morgan fingerprint density at radius 1 is 1.54 bits per heavy atom. The lowest BCUT2D eigenvalue weighted by molar-refractivity contribution is -0.146. The molecule has 0 heterocycles. The van der Waals surface area contributed by atoms with Crippen LogP contribution in [0, 0.1) is 16.7 Å². The topological polar surface area (TPSA) is 61.1 Å². The fourth-order valence-electron chi connectivity index (χ4n) is 1.99. The second kappa shape index (κ2) is 3.61. The number of nitriles is 1. The first-order valence-electron chi connectivity index (χ1n) is 4.44. The van der Waals surface area contributed by atoms with E-state index in [0.29, 0.717) is 18.4 Å². The van der Waals surface area contributed by atoms with Crippen LogP contribution in [-0.2, 0) is 4.79 Å². The molecule has 3 nitrogen and oxygen atoms in total. The predicted molar refractivity (Wildman–Crippen MR) is 47.9 cm³/mol. The first kappa shape index (κ1) is 9.79. The molecule has 0 unspecified atom stereocenters. The third-order valence-corrected chi connectivity index (χ3v) is 2.90. The van der Waals surface area contributed by atoms with Crippen molar-refractivity contribution in [3.05, 3.63) is 11.6 Å². The molecule has 70 valence electrons. The summed E-state index contributed by atoms with van der Waals surface area (Å²) in [5, 5.41) is 17.6. The van der Waals surface area contributed by atoms with E-state index in [9.17, 15) is 4.79 Å². The van der Waals surface area contributed by atoms with E-state index in [-0.39, 0.29) is 0 Å². The maximum Gasteiger partial charge on any atom is 0.313 e. The van der Waals surface area contributed by atoms with Crippen molar-refractivity contribution < 1.29 is 9.90 Å². The Hall–Kier alpha value is -1.30. The van der Waals surface area contributed by atoms with E-state index in [1.807, 2.05) is 6.07 Å². The summed E-state index contributed by atoms with van der Waals surface area (Å²) in [4.78, 5) is 11.1. The normalized spacial score (nSPS) is 21.1. The van der Waals surface area contributed by atoms with Gasteiger partial charge in [-0.15, -0.1) is 0 Å². The van der Waals surface area contributed by atoms with Gasteiger partial charge in [-0.2, -0.15) is 5.26 Å². The molecule has 0 aromatic carbocycles. The van der Waals surface area contributed by atoms with E-state index in [0.717, 1.165) is 12.8 Å². The number of rotatable bonds is 2. The molecular formula is C10H13NO2. The van der Waals surface area contributed by atoms with Crippen LogP contribution in [0.1, 0.15) is 32.6 Å². The molecule has 0 radical (unpaired) electrons. The maximum absolute atomic E-state index is 11.1. The average Bonchev–Trinajstić information content (AvgIpc) is 2.53. The molecule has 1 saturated carbocycles. The van der Waals surface area contributed by atoms with E-state index in [1.54, 1.807) is 6.92 Å². The van der Waals surface area contributed by atoms with Crippen LogP contribution in [0.2, 0.25) is 0 Å². The smallest absolute Gasteiger partial charge is 0.313 e. The number of allylic oxidation sites excluding steroid dienone is 1. The molecule has 1 rings (SSSR count). The second-order valence-electron chi connectivity index (χ2n) is 3.55. The molecular weight excluding hydrogens is 166 g/mol. The minimum absolute atomic E-state index is 0.673. The van der Waals surface area contributed by atoms with E-state index >= 15 is 0 Å². The molecule has 0 aliphatic heterocycles. The van der Waals surface area contributed by atoms with Gasteiger partial charge in [0.1, 0.15) is 0 Å². The number of carboxylic acid groups (broad SMARTS) is 1. The predicted octanol–water partition coefficient (Wildman–Crippen LogP) is 2.10. The Morgan fingerprint density at radius 3 is 2.46 bits per heavy atom. The molecule has 0 atom stereocenters. The molecule has 0 spiro atoms. The Morgan fingerprint density at radius 2 is 2.08 bits per heavy atom. The SMILES string of the molecule is C/C(=C\C#N)C1(C(=O)O)CCCC1. The lowest BCUT2D eigenvalue weighted by Gasteiger charge is -2.23. The maximum atomic E-state index is 11.1. The van der Waals surface area contributed by atoms with E-state index in [4.69, 9.17) is 10.4 Å². The zero-order chi connectivity index (χ0) is 9.90. The fraction of sp³-hybridized carbons (Fsp3) is 0.600. The van der Waals surface area contributed by atoms with Gasteiger partial charge in [-0.1, -0.05) is 12.8 Å². The van der Waals surface area contributed by atoms with Crippen LogP contribution in [0.5, 0.6) is 0 Å². The highest BCUT2D eigenvalue weighted by atomic mass is 16.4. The fourth-order valence-corrected chi connectivity index (χ4v) is 1.99. The molecule has 1 N–H and O–H groups in total. The summed E-state index contributed by atoms with van der Waals surface area (Å²) in [6.45, 7) is 1.74. The molecule has 1 aliphatic carbocycles. The molecule has 3 heteroatoms. The van der Waals surface area contributed by atoms with Crippen LogP contribution >= 0.6 is 0 Å². The highest BCUT2D eigenvalue weighted by Crippen LogP contribution is 2.44. The van der Waals surface area contributed by atoms with Crippen LogP contribution in [0.3, 0.4) is 0 Å². The third-order valence-electron chi connectivity index (χ3n) is 2.90. The van der Waals surface area contributed by atoms with Gasteiger partial charge in [0.2, 0.25) is 0 Å². The van der Waals surface area contributed by atoms with Crippen LogP contribution in [0.15, 0.2) is 11.6 Å². The van der Waals surface area contributed by atoms with Gasteiger partial charge in [-0.25, -0.2) is 0 Å². The summed E-state index contributed by atoms with van der Waals surface area (Å²) in [6.07, 6.45) is 4.60. The van der Waals surface area contributed by atoms with Gasteiger partial charge < -0.3 is 5.11 Å². The molecule has 1 aliphatic rings. The van der Waals surface area contributed by atoms with Crippen molar-refractivity contribution in [1.29, 1.82) is 5.26 Å². The second-order valence-corrected chi connectivity index (χ2v) is 3.55. The summed E-state index contributed by atoms with van der Waals surface area (Å²) < 4.78 is 0. The largest absolute Gasteiger partial charge is 0.481 e. The number of aliphatic carboxylic acids is 1. The van der Waals surface area contributed by atoms with Crippen LogP contribution < -0.4 is 0 Å². The lowest BCUT2D eigenvalue weighted by atomic mass is 9.79. The van der Waals surface area contributed by atoms with Gasteiger partial charge in [0.05, 0.1) is 11.5 Å². The Labute approximate surface area is 77.7 Å². The van der Waals surface area contributed by atoms with E-state index in [2.05, 4.69) is 0 Å². The van der Waals surface area contributed by atoms with Crippen molar-refractivity contribution in [3.8, 4) is 6.07 Å². The lowest BCUT2D eigenvalue weighted by Crippen LogP contribution is -2.28. The number of carboxylic acids is 1. The van der Waals surface area contributed by atoms with E-state index < -0.39 is 11.4 Å².